The van der Waals surface area contributed by atoms with Gasteiger partial charge in [-0.05, 0) is 15.9 Å². The Labute approximate surface area is 86.2 Å². The molecule has 1 N–H and O–H groups in total. The highest BCUT2D eigenvalue weighted by Crippen LogP contribution is 2.19. The van der Waals surface area contributed by atoms with Gasteiger partial charge in [-0.25, -0.2) is 0 Å². The first-order chi connectivity index (χ1) is 6.36. The molecule has 2 rings (SSSR count). The summed E-state index contributed by atoms with van der Waals surface area (Å²) in [5, 5.41) is 3.33. The molecule has 0 aliphatic carbocycles. The van der Waals surface area contributed by atoms with E-state index in [1.807, 2.05) is 6.26 Å². The molecular weight excluding hydrogens is 232 g/mol. The number of piperazine rings is 1. The smallest absolute Gasteiger partial charge is 0.105 e. The van der Waals surface area contributed by atoms with Crippen LogP contribution in [-0.4, -0.2) is 31.1 Å². The largest absolute Gasteiger partial charge is 0.471 e. The second-order valence-electron chi connectivity index (χ2n) is 3.27. The first-order valence-corrected chi connectivity index (χ1v) is 5.29. The third kappa shape index (κ3) is 2.33. The van der Waals surface area contributed by atoms with Gasteiger partial charge in [-0.1, -0.05) is 0 Å². The van der Waals surface area contributed by atoms with Crippen LogP contribution in [0.4, 0.5) is 0 Å². The van der Waals surface area contributed by atoms with Crippen molar-refractivity contribution in [2.24, 2.45) is 0 Å². The van der Waals surface area contributed by atoms with E-state index < -0.39 is 0 Å². The molecule has 2 heterocycles. The zero-order valence-electron chi connectivity index (χ0n) is 7.42. The lowest BCUT2D eigenvalue weighted by atomic mass is 10.3. The number of rotatable bonds is 2. The van der Waals surface area contributed by atoms with Crippen LogP contribution in [0.5, 0.6) is 0 Å². The van der Waals surface area contributed by atoms with Gasteiger partial charge in [0, 0.05) is 38.3 Å². The number of hydrogen-bond donors (Lipinski definition) is 1. The predicted octanol–water partition coefficient (Wildman–Crippen LogP) is 1.45. The molecule has 0 radical (unpaired) electrons. The van der Waals surface area contributed by atoms with E-state index >= 15 is 0 Å². The molecule has 0 bridgehead atoms. The van der Waals surface area contributed by atoms with Crippen molar-refractivity contribution < 1.29 is 4.42 Å². The Hall–Kier alpha value is -0.320. The van der Waals surface area contributed by atoms with Crippen molar-refractivity contribution in [1.82, 2.24) is 10.2 Å². The number of hydrogen-bond acceptors (Lipinski definition) is 3. The maximum absolute atomic E-state index is 5.10. The molecular formula is C9H13BrN2O. The van der Waals surface area contributed by atoms with Gasteiger partial charge in [0.15, 0.2) is 0 Å². The Morgan fingerprint density at radius 3 is 2.77 bits per heavy atom. The number of nitrogens with zero attached hydrogens (tertiary/aromatic N) is 1. The molecule has 72 valence electrons. The summed E-state index contributed by atoms with van der Waals surface area (Å²) in [6.45, 7) is 5.42. The number of halogens is 1. The average Bonchev–Trinajstić information content (AvgIpc) is 2.54. The molecule has 1 aromatic rings. The van der Waals surface area contributed by atoms with Crippen LogP contribution in [0.2, 0.25) is 0 Å². The number of furan rings is 1. The van der Waals surface area contributed by atoms with E-state index in [2.05, 4.69) is 26.1 Å². The van der Waals surface area contributed by atoms with Gasteiger partial charge in [0.05, 0.1) is 10.7 Å². The Bertz CT molecular complexity index is 268. The van der Waals surface area contributed by atoms with Gasteiger partial charge in [0.2, 0.25) is 0 Å². The monoisotopic (exact) mass is 244 g/mol. The van der Waals surface area contributed by atoms with Crippen molar-refractivity contribution in [3.8, 4) is 0 Å². The van der Waals surface area contributed by atoms with Gasteiger partial charge in [-0.15, -0.1) is 0 Å². The van der Waals surface area contributed by atoms with E-state index in [0.717, 1.165) is 37.2 Å². The van der Waals surface area contributed by atoms with Gasteiger partial charge < -0.3 is 9.73 Å². The van der Waals surface area contributed by atoms with Crippen molar-refractivity contribution in [2.45, 2.75) is 6.54 Å². The van der Waals surface area contributed by atoms with Crippen LogP contribution in [0, 0.1) is 0 Å². The van der Waals surface area contributed by atoms with Gasteiger partial charge in [0.1, 0.15) is 6.26 Å². The van der Waals surface area contributed by atoms with E-state index in [1.165, 1.54) is 5.56 Å². The summed E-state index contributed by atoms with van der Waals surface area (Å²) in [5.74, 6) is 0. The van der Waals surface area contributed by atoms with Crippen LogP contribution in [0.15, 0.2) is 21.4 Å². The molecule has 3 nitrogen and oxygen atoms in total. The van der Waals surface area contributed by atoms with E-state index in [0.29, 0.717) is 0 Å². The summed E-state index contributed by atoms with van der Waals surface area (Å²) in [7, 11) is 0. The molecule has 0 saturated carbocycles. The summed E-state index contributed by atoms with van der Waals surface area (Å²) in [6.07, 6.45) is 3.55. The van der Waals surface area contributed by atoms with Crippen molar-refractivity contribution >= 4 is 15.9 Å². The zero-order chi connectivity index (χ0) is 9.10. The van der Waals surface area contributed by atoms with Crippen molar-refractivity contribution in [3.63, 3.8) is 0 Å². The second-order valence-corrected chi connectivity index (χ2v) is 4.13. The van der Waals surface area contributed by atoms with Gasteiger partial charge in [0.25, 0.3) is 0 Å². The highest BCUT2D eigenvalue weighted by molar-refractivity contribution is 9.10. The van der Waals surface area contributed by atoms with Crippen LogP contribution < -0.4 is 5.32 Å². The van der Waals surface area contributed by atoms with E-state index in [1.54, 1.807) is 6.26 Å². The lowest BCUT2D eigenvalue weighted by molar-refractivity contribution is 0.232. The third-order valence-corrected chi connectivity index (χ3v) is 2.99. The standard InChI is InChI=1S/C9H13BrN2O/c10-9-7-13-6-8(9)5-12-3-1-11-2-4-12/h6-7,11H,1-5H2. The molecule has 0 aromatic carbocycles. The summed E-state index contributed by atoms with van der Waals surface area (Å²) in [5.41, 5.74) is 1.24. The minimum Gasteiger partial charge on any atom is -0.471 e. The van der Waals surface area contributed by atoms with Crippen LogP contribution in [0.3, 0.4) is 0 Å². The van der Waals surface area contributed by atoms with Crippen molar-refractivity contribution in [1.29, 1.82) is 0 Å². The lowest BCUT2D eigenvalue weighted by Gasteiger charge is -2.26. The first-order valence-electron chi connectivity index (χ1n) is 4.50. The molecule has 0 unspecified atom stereocenters. The predicted molar refractivity (Wildman–Crippen MR) is 54.6 cm³/mol. The Kier molecular flexibility index (Phi) is 3.03. The molecule has 1 aromatic heterocycles. The molecule has 1 saturated heterocycles. The van der Waals surface area contributed by atoms with Crippen molar-refractivity contribution in [2.75, 3.05) is 26.2 Å². The molecule has 1 fully saturated rings. The molecule has 0 spiro atoms. The van der Waals surface area contributed by atoms with Gasteiger partial charge in [-0.3, -0.25) is 4.90 Å². The van der Waals surface area contributed by atoms with E-state index in [4.69, 9.17) is 4.42 Å². The fourth-order valence-electron chi connectivity index (χ4n) is 1.53. The van der Waals surface area contributed by atoms with E-state index in [-0.39, 0.29) is 0 Å². The van der Waals surface area contributed by atoms with Crippen molar-refractivity contribution in [3.05, 3.63) is 22.6 Å². The van der Waals surface area contributed by atoms with Gasteiger partial charge in [-0.2, -0.15) is 0 Å². The third-order valence-electron chi connectivity index (χ3n) is 2.29. The molecule has 4 heteroatoms. The maximum atomic E-state index is 5.10. The maximum Gasteiger partial charge on any atom is 0.105 e. The Morgan fingerprint density at radius 2 is 2.15 bits per heavy atom. The molecule has 1 aliphatic rings. The van der Waals surface area contributed by atoms with Crippen LogP contribution in [-0.2, 0) is 6.54 Å². The molecule has 0 amide bonds. The van der Waals surface area contributed by atoms with Gasteiger partial charge >= 0.3 is 0 Å². The fraction of sp³-hybridized carbons (Fsp3) is 0.556. The summed E-state index contributed by atoms with van der Waals surface area (Å²) in [6, 6.07) is 0. The minimum atomic E-state index is 0.985. The quantitative estimate of drug-likeness (QED) is 0.854. The molecule has 13 heavy (non-hydrogen) atoms. The lowest BCUT2D eigenvalue weighted by Crippen LogP contribution is -2.42. The zero-order valence-corrected chi connectivity index (χ0v) is 9.01. The average molecular weight is 245 g/mol. The normalized spacial score (nSPS) is 19.2. The Balaban J connectivity index is 1.93. The van der Waals surface area contributed by atoms with Crippen LogP contribution in [0.25, 0.3) is 0 Å². The summed E-state index contributed by atoms with van der Waals surface area (Å²) in [4.78, 5) is 2.42. The minimum absolute atomic E-state index is 0.985. The van der Waals surface area contributed by atoms with E-state index in [9.17, 15) is 0 Å². The highest BCUT2D eigenvalue weighted by atomic mass is 79.9. The molecule has 0 atom stereocenters. The first kappa shape index (κ1) is 9.24. The highest BCUT2D eigenvalue weighted by Gasteiger charge is 2.12. The topological polar surface area (TPSA) is 28.4 Å². The SMILES string of the molecule is Brc1cocc1CN1CCNCC1. The summed E-state index contributed by atoms with van der Waals surface area (Å²) >= 11 is 3.46. The fourth-order valence-corrected chi connectivity index (χ4v) is 1.86. The van der Waals surface area contributed by atoms with Crippen LogP contribution in [0.1, 0.15) is 5.56 Å². The molecule has 1 aliphatic heterocycles. The second kappa shape index (κ2) is 4.26. The number of nitrogens with one attached hydrogen (secondary N) is 1. The Morgan fingerprint density at radius 1 is 1.38 bits per heavy atom. The summed E-state index contributed by atoms with van der Waals surface area (Å²) < 4.78 is 6.17. The van der Waals surface area contributed by atoms with Crippen LogP contribution >= 0.6 is 15.9 Å².